The first-order chi connectivity index (χ1) is 7.45. The first-order valence-corrected chi connectivity index (χ1v) is 7.64. The van der Waals surface area contributed by atoms with Crippen molar-refractivity contribution in [2.45, 2.75) is 38.1 Å². The van der Waals surface area contributed by atoms with E-state index in [1.165, 1.54) is 69.8 Å². The summed E-state index contributed by atoms with van der Waals surface area (Å²) in [4.78, 5) is 2.63. The van der Waals surface area contributed by atoms with Gasteiger partial charge in [-0.05, 0) is 31.6 Å². The van der Waals surface area contributed by atoms with Crippen molar-refractivity contribution in [1.29, 1.82) is 0 Å². The molecule has 0 aromatic heterocycles. The van der Waals surface area contributed by atoms with Crippen LogP contribution in [0.5, 0.6) is 0 Å². The van der Waals surface area contributed by atoms with Crippen LogP contribution in [0, 0.1) is 0 Å². The lowest BCUT2D eigenvalue weighted by molar-refractivity contribution is 0.289. The topological polar surface area (TPSA) is 15.3 Å². The Bertz CT molecular complexity index is 161. The zero-order valence-electron chi connectivity index (χ0n) is 9.71. The first-order valence-electron chi connectivity index (χ1n) is 6.48. The van der Waals surface area contributed by atoms with Gasteiger partial charge in [0, 0.05) is 31.4 Å². The molecule has 88 valence electrons. The molecule has 2 fully saturated rings. The van der Waals surface area contributed by atoms with Crippen molar-refractivity contribution in [3.05, 3.63) is 0 Å². The van der Waals surface area contributed by atoms with Gasteiger partial charge in [0.2, 0.25) is 0 Å². The van der Waals surface area contributed by atoms with E-state index < -0.39 is 0 Å². The van der Waals surface area contributed by atoms with Crippen LogP contribution >= 0.6 is 11.8 Å². The van der Waals surface area contributed by atoms with Crippen molar-refractivity contribution >= 4 is 11.8 Å². The minimum atomic E-state index is 0.839. The first kappa shape index (κ1) is 11.7. The molecule has 0 atom stereocenters. The summed E-state index contributed by atoms with van der Waals surface area (Å²) < 4.78 is 0. The Morgan fingerprint density at radius 3 is 2.80 bits per heavy atom. The predicted octanol–water partition coefficient (Wildman–Crippen LogP) is 1.96. The highest BCUT2D eigenvalue weighted by molar-refractivity contribution is 7.99. The van der Waals surface area contributed by atoms with Crippen LogP contribution in [0.15, 0.2) is 0 Å². The van der Waals surface area contributed by atoms with Crippen LogP contribution in [0.1, 0.15) is 32.1 Å². The van der Waals surface area contributed by atoms with Gasteiger partial charge < -0.3 is 10.2 Å². The lowest BCUT2D eigenvalue weighted by atomic mass is 10.2. The van der Waals surface area contributed by atoms with Crippen molar-refractivity contribution in [3.63, 3.8) is 0 Å². The molecule has 1 heterocycles. The van der Waals surface area contributed by atoms with Crippen LogP contribution in [0.3, 0.4) is 0 Å². The summed E-state index contributed by atoms with van der Waals surface area (Å²) >= 11 is 2.12. The Hall–Kier alpha value is 0.270. The van der Waals surface area contributed by atoms with Crippen LogP contribution in [0.4, 0.5) is 0 Å². The Balaban J connectivity index is 1.55. The van der Waals surface area contributed by atoms with Crippen molar-refractivity contribution < 1.29 is 0 Å². The van der Waals surface area contributed by atoms with E-state index in [2.05, 4.69) is 22.0 Å². The lowest BCUT2D eigenvalue weighted by Crippen LogP contribution is -2.37. The van der Waals surface area contributed by atoms with Gasteiger partial charge in [0.05, 0.1) is 0 Å². The summed E-state index contributed by atoms with van der Waals surface area (Å²) in [5.74, 6) is 2.70. The molecular weight excluding hydrogens is 204 g/mol. The molecule has 0 unspecified atom stereocenters. The third-order valence-corrected chi connectivity index (χ3v) is 4.58. The summed E-state index contributed by atoms with van der Waals surface area (Å²) in [6.45, 7) is 5.09. The maximum absolute atomic E-state index is 3.70. The van der Waals surface area contributed by atoms with Crippen LogP contribution in [0.25, 0.3) is 0 Å². The molecule has 1 saturated carbocycles. The summed E-state index contributed by atoms with van der Waals surface area (Å²) in [7, 11) is 0. The van der Waals surface area contributed by atoms with E-state index in [9.17, 15) is 0 Å². The van der Waals surface area contributed by atoms with Crippen LogP contribution in [-0.2, 0) is 0 Å². The second kappa shape index (κ2) is 6.77. The highest BCUT2D eigenvalue weighted by Gasteiger charge is 2.14. The molecule has 2 rings (SSSR count). The SMILES string of the molecule is C1CCC(NCCN2CCCSCC2)C1. The second-order valence-corrected chi connectivity index (χ2v) is 5.97. The fourth-order valence-corrected chi connectivity index (χ4v) is 3.50. The van der Waals surface area contributed by atoms with E-state index >= 15 is 0 Å². The van der Waals surface area contributed by atoms with Gasteiger partial charge in [-0.15, -0.1) is 0 Å². The zero-order chi connectivity index (χ0) is 10.3. The minimum absolute atomic E-state index is 0.839. The number of nitrogens with one attached hydrogen (secondary N) is 1. The second-order valence-electron chi connectivity index (χ2n) is 4.74. The molecule has 1 aliphatic carbocycles. The van der Waals surface area contributed by atoms with Gasteiger partial charge in [-0.1, -0.05) is 12.8 Å². The van der Waals surface area contributed by atoms with Gasteiger partial charge in [-0.25, -0.2) is 0 Å². The number of nitrogens with zero attached hydrogens (tertiary/aromatic N) is 1. The Labute approximate surface area is 98.2 Å². The largest absolute Gasteiger partial charge is 0.313 e. The molecule has 0 radical (unpaired) electrons. The molecular formula is C12H24N2S. The third-order valence-electron chi connectivity index (χ3n) is 3.53. The quantitative estimate of drug-likeness (QED) is 0.792. The summed E-state index contributed by atoms with van der Waals surface area (Å²) in [6.07, 6.45) is 7.09. The molecule has 1 saturated heterocycles. The van der Waals surface area contributed by atoms with E-state index in [0.717, 1.165) is 6.04 Å². The van der Waals surface area contributed by atoms with Crippen molar-refractivity contribution in [1.82, 2.24) is 10.2 Å². The van der Waals surface area contributed by atoms with Gasteiger partial charge in [0.15, 0.2) is 0 Å². The van der Waals surface area contributed by atoms with Gasteiger partial charge in [0.1, 0.15) is 0 Å². The molecule has 0 spiro atoms. The molecule has 1 N–H and O–H groups in total. The summed E-state index contributed by atoms with van der Waals surface area (Å²) in [5, 5.41) is 3.70. The molecule has 0 aromatic rings. The highest BCUT2D eigenvalue weighted by Crippen LogP contribution is 2.17. The Kier molecular flexibility index (Phi) is 5.30. The zero-order valence-corrected chi connectivity index (χ0v) is 10.5. The number of thioether (sulfide) groups is 1. The molecule has 2 aliphatic rings. The molecule has 2 nitrogen and oxygen atoms in total. The van der Waals surface area contributed by atoms with E-state index in [0.29, 0.717) is 0 Å². The number of rotatable bonds is 4. The van der Waals surface area contributed by atoms with Crippen LogP contribution < -0.4 is 5.32 Å². The fraction of sp³-hybridized carbons (Fsp3) is 1.00. The van der Waals surface area contributed by atoms with Crippen molar-refractivity contribution in [2.75, 3.05) is 37.7 Å². The fourth-order valence-electron chi connectivity index (χ4n) is 2.58. The molecule has 1 aliphatic heterocycles. The maximum atomic E-state index is 3.70. The van der Waals surface area contributed by atoms with E-state index in [4.69, 9.17) is 0 Å². The Morgan fingerprint density at radius 2 is 1.93 bits per heavy atom. The predicted molar refractivity (Wildman–Crippen MR) is 68.6 cm³/mol. The standard InChI is InChI=1S/C12H24N2S/c1-2-5-12(4-1)13-6-8-14-7-3-10-15-11-9-14/h12-13H,1-11H2. The summed E-state index contributed by atoms with van der Waals surface area (Å²) in [6, 6.07) is 0.839. The smallest absolute Gasteiger partial charge is 0.0107 e. The average Bonchev–Trinajstić information content (AvgIpc) is 2.62. The molecule has 15 heavy (non-hydrogen) atoms. The van der Waals surface area contributed by atoms with E-state index in [1.54, 1.807) is 0 Å². The maximum Gasteiger partial charge on any atom is 0.0107 e. The van der Waals surface area contributed by atoms with Crippen molar-refractivity contribution in [3.8, 4) is 0 Å². The van der Waals surface area contributed by atoms with Gasteiger partial charge in [-0.3, -0.25) is 0 Å². The monoisotopic (exact) mass is 228 g/mol. The van der Waals surface area contributed by atoms with E-state index in [-0.39, 0.29) is 0 Å². The van der Waals surface area contributed by atoms with Gasteiger partial charge in [0.25, 0.3) is 0 Å². The number of hydrogen-bond donors (Lipinski definition) is 1. The van der Waals surface area contributed by atoms with Crippen LogP contribution in [-0.4, -0.2) is 48.6 Å². The minimum Gasteiger partial charge on any atom is -0.313 e. The third kappa shape index (κ3) is 4.33. The highest BCUT2D eigenvalue weighted by atomic mass is 32.2. The molecule has 0 bridgehead atoms. The van der Waals surface area contributed by atoms with Crippen LogP contribution in [0.2, 0.25) is 0 Å². The number of hydrogen-bond acceptors (Lipinski definition) is 3. The van der Waals surface area contributed by atoms with E-state index in [1.807, 2.05) is 0 Å². The lowest BCUT2D eigenvalue weighted by Gasteiger charge is -2.21. The normalized spacial score (nSPS) is 25.6. The molecule has 3 heteroatoms. The van der Waals surface area contributed by atoms with Crippen molar-refractivity contribution in [2.24, 2.45) is 0 Å². The molecule has 0 aromatic carbocycles. The Morgan fingerprint density at radius 1 is 1.07 bits per heavy atom. The van der Waals surface area contributed by atoms with Gasteiger partial charge in [-0.2, -0.15) is 11.8 Å². The average molecular weight is 228 g/mol. The van der Waals surface area contributed by atoms with Gasteiger partial charge >= 0.3 is 0 Å². The summed E-state index contributed by atoms with van der Waals surface area (Å²) in [5.41, 5.74) is 0. The molecule has 0 amide bonds.